The van der Waals surface area contributed by atoms with E-state index in [1.165, 1.54) is 13.8 Å². The first-order chi connectivity index (χ1) is 15.2. The molecule has 172 valence electrons. The van der Waals surface area contributed by atoms with Gasteiger partial charge in [-0.15, -0.1) is 10.2 Å². The number of carbonyl (C=O) groups is 3. The van der Waals surface area contributed by atoms with Gasteiger partial charge in [-0.1, -0.05) is 11.6 Å². The highest BCUT2D eigenvalue weighted by Crippen LogP contribution is 2.40. The predicted octanol–water partition coefficient (Wildman–Crippen LogP) is 0.565. The Bertz CT molecular complexity index is 793. The minimum Gasteiger partial charge on any atom is -0.462 e. The molecule has 1 aliphatic carbocycles. The largest absolute Gasteiger partial charge is 0.462 e. The van der Waals surface area contributed by atoms with Crippen LogP contribution in [0.15, 0.2) is 0 Å². The van der Waals surface area contributed by atoms with Crippen molar-refractivity contribution >= 4 is 17.9 Å². The fourth-order valence-electron chi connectivity index (χ4n) is 4.39. The summed E-state index contributed by atoms with van der Waals surface area (Å²) in [6.45, 7) is 2.54. The van der Waals surface area contributed by atoms with Crippen LogP contribution in [0.1, 0.15) is 53.1 Å². The molecule has 2 aliphatic rings. The van der Waals surface area contributed by atoms with E-state index in [-0.39, 0.29) is 19.1 Å². The first kappa shape index (κ1) is 21.7. The number of aryl methyl sites for hydroxylation is 1. The number of aromatic amines is 1. The van der Waals surface area contributed by atoms with E-state index in [0.29, 0.717) is 30.6 Å². The molecular weight excluding hydrogens is 406 g/mol. The van der Waals surface area contributed by atoms with Crippen molar-refractivity contribution in [3.63, 3.8) is 0 Å². The van der Waals surface area contributed by atoms with Crippen LogP contribution in [0.4, 0.5) is 0 Å². The summed E-state index contributed by atoms with van der Waals surface area (Å²) in [6, 6.07) is -1.56. The number of nitrogens with one attached hydrogen (secondary N) is 2. The van der Waals surface area contributed by atoms with Crippen molar-refractivity contribution in [3.8, 4) is 0 Å². The molecule has 2 heterocycles. The summed E-state index contributed by atoms with van der Waals surface area (Å²) in [4.78, 5) is 35.0. The number of esters is 3. The van der Waals surface area contributed by atoms with Gasteiger partial charge in [-0.2, -0.15) is 5.21 Å². The van der Waals surface area contributed by atoms with Gasteiger partial charge in [0.15, 0.2) is 11.9 Å². The van der Waals surface area contributed by atoms with Crippen LogP contribution < -0.4 is 5.32 Å². The Labute approximate surface area is 182 Å². The lowest BCUT2D eigenvalue weighted by Gasteiger charge is -2.42. The normalized spacial score (nSPS) is 29.2. The summed E-state index contributed by atoms with van der Waals surface area (Å²) < 4.78 is 23.9. The maximum absolute atomic E-state index is 12.7. The molecule has 1 aromatic rings. The van der Waals surface area contributed by atoms with Crippen molar-refractivity contribution in [1.29, 1.82) is 0 Å². The van der Waals surface area contributed by atoms with Crippen molar-refractivity contribution in [1.82, 2.24) is 25.9 Å². The Hall–Kier alpha value is -2.56. The van der Waals surface area contributed by atoms with Gasteiger partial charge in [-0.25, -0.2) is 0 Å². The number of ether oxygens (including phenoxy) is 3. The van der Waals surface area contributed by atoms with E-state index in [9.17, 15) is 14.4 Å². The summed E-state index contributed by atoms with van der Waals surface area (Å²) in [6.07, 6.45) is 4.26. The molecule has 0 aromatic carbocycles. The average Bonchev–Trinajstić information content (AvgIpc) is 3.27. The third kappa shape index (κ3) is 7.27. The van der Waals surface area contributed by atoms with Crippen LogP contribution >= 0.6 is 0 Å². The van der Waals surface area contributed by atoms with E-state index < -0.39 is 30.0 Å². The molecule has 0 amide bonds. The summed E-state index contributed by atoms with van der Waals surface area (Å²) in [5, 5.41) is 17.1. The Balaban J connectivity index is 1.51. The fourth-order valence-corrected chi connectivity index (χ4v) is 4.39. The molecule has 0 bridgehead atoms. The molecule has 0 radical (unpaired) electrons. The Morgan fingerprint density at radius 1 is 1.13 bits per heavy atom. The second-order valence-electron chi connectivity index (χ2n) is 8.26. The number of nitrogens with zero attached hydrogens (tertiary/aromatic N) is 3. The van der Waals surface area contributed by atoms with Crippen molar-refractivity contribution in [2.24, 2.45) is 17.8 Å². The fraction of sp³-hybridized carbons (Fsp3) is 0.800. The monoisotopic (exact) mass is 438 g/mol. The average molecular weight is 439 g/mol. The quantitative estimate of drug-likeness (QED) is 0.414. The standard InChI is InChI=1S/C20H31N5O6/c1-12(26)29-10-17(31-13(2)27)11-30-20(28)18-8-16-7-14(3-5-15(16)9-21-18)4-6-19-22-24-25-23-19/h14-18,21H,3-11H2,1-2H3,(H,22,23,24,25)/t14-,15+,16-,17?,18+/m1/s1/i18D. The van der Waals surface area contributed by atoms with Crippen LogP contribution in [0.25, 0.3) is 0 Å². The number of hydrogen-bond donors (Lipinski definition) is 2. The molecular formula is C20H31N5O6. The van der Waals surface area contributed by atoms with Gasteiger partial charge in [0.25, 0.3) is 0 Å². The second-order valence-corrected chi connectivity index (χ2v) is 8.26. The number of aromatic nitrogens is 4. The van der Waals surface area contributed by atoms with Crippen molar-refractivity contribution in [2.45, 2.75) is 64.5 Å². The number of fused-ring (bicyclic) bond motifs is 1. The van der Waals surface area contributed by atoms with Gasteiger partial charge in [0.05, 0.1) is 1.37 Å². The molecule has 11 nitrogen and oxygen atoms in total. The zero-order chi connectivity index (χ0) is 23.1. The zero-order valence-corrected chi connectivity index (χ0v) is 18.0. The van der Waals surface area contributed by atoms with Gasteiger partial charge in [0, 0.05) is 20.3 Å². The smallest absolute Gasteiger partial charge is 0.323 e. The zero-order valence-electron chi connectivity index (χ0n) is 19.0. The molecule has 5 atom stereocenters. The Morgan fingerprint density at radius 3 is 2.65 bits per heavy atom. The SMILES string of the molecule is [2H][C@@]1(C(=O)OCC(COC(C)=O)OC(C)=O)C[C@H]2C[C@@H](CCc3nn[nH]n3)CC[C@H]2CN1. The molecule has 3 rings (SSSR count). The van der Waals surface area contributed by atoms with Gasteiger partial charge >= 0.3 is 17.9 Å². The Kier molecular flexibility index (Phi) is 7.81. The number of tetrazole rings is 1. The van der Waals surface area contributed by atoms with E-state index in [2.05, 4.69) is 25.9 Å². The molecule has 1 saturated heterocycles. The highest BCUT2D eigenvalue weighted by Gasteiger charge is 2.38. The molecule has 11 heteroatoms. The van der Waals surface area contributed by atoms with Crippen LogP contribution in [0, 0.1) is 17.8 Å². The second kappa shape index (κ2) is 11.2. The minimum atomic E-state index is -1.56. The number of piperidine rings is 1. The highest BCUT2D eigenvalue weighted by atomic mass is 16.6. The van der Waals surface area contributed by atoms with Gasteiger partial charge < -0.3 is 19.5 Å². The van der Waals surface area contributed by atoms with Crippen LogP contribution in [-0.4, -0.2) is 70.4 Å². The molecule has 2 N–H and O–H groups in total. The molecule has 0 spiro atoms. The summed E-state index contributed by atoms with van der Waals surface area (Å²) in [5.41, 5.74) is 0. The maximum atomic E-state index is 12.7. The molecule has 1 saturated carbocycles. The number of H-pyrrole nitrogens is 1. The first-order valence-corrected chi connectivity index (χ1v) is 10.7. The van der Waals surface area contributed by atoms with Gasteiger partial charge in [0.1, 0.15) is 19.2 Å². The number of rotatable bonds is 9. The molecule has 2 fully saturated rings. The predicted molar refractivity (Wildman–Crippen MR) is 106 cm³/mol. The van der Waals surface area contributed by atoms with E-state index in [4.69, 9.17) is 15.6 Å². The topological polar surface area (TPSA) is 145 Å². The maximum Gasteiger partial charge on any atom is 0.323 e. The lowest BCUT2D eigenvalue weighted by Crippen LogP contribution is -2.50. The minimum absolute atomic E-state index is 0.215. The van der Waals surface area contributed by atoms with Crippen molar-refractivity contribution < 1.29 is 30.0 Å². The lowest BCUT2D eigenvalue weighted by molar-refractivity contribution is -0.166. The van der Waals surface area contributed by atoms with Gasteiger partial charge in [-0.3, -0.25) is 14.4 Å². The van der Waals surface area contributed by atoms with E-state index in [1.54, 1.807) is 0 Å². The number of carbonyl (C=O) groups excluding carboxylic acids is 3. The van der Waals surface area contributed by atoms with Crippen LogP contribution in [0.3, 0.4) is 0 Å². The Morgan fingerprint density at radius 2 is 1.94 bits per heavy atom. The van der Waals surface area contributed by atoms with E-state index in [1.807, 2.05) is 0 Å². The van der Waals surface area contributed by atoms with Crippen molar-refractivity contribution in [2.75, 3.05) is 19.8 Å². The molecule has 1 aliphatic heterocycles. The molecule has 1 unspecified atom stereocenters. The molecule has 31 heavy (non-hydrogen) atoms. The van der Waals surface area contributed by atoms with Crippen LogP contribution in [-0.2, 0) is 35.0 Å². The van der Waals surface area contributed by atoms with Crippen molar-refractivity contribution in [3.05, 3.63) is 5.82 Å². The third-order valence-electron chi connectivity index (χ3n) is 5.91. The first-order valence-electron chi connectivity index (χ1n) is 11.2. The highest BCUT2D eigenvalue weighted by molar-refractivity contribution is 5.76. The number of hydrogen-bond acceptors (Lipinski definition) is 10. The molecule has 1 aromatic heterocycles. The van der Waals surface area contributed by atoms with Crippen LogP contribution in [0.5, 0.6) is 0 Å². The van der Waals surface area contributed by atoms with E-state index in [0.717, 1.165) is 32.1 Å². The summed E-state index contributed by atoms with van der Waals surface area (Å²) >= 11 is 0. The summed E-state index contributed by atoms with van der Waals surface area (Å²) in [5.74, 6) is 0.0428. The van der Waals surface area contributed by atoms with Crippen LogP contribution in [0.2, 0.25) is 0 Å². The van der Waals surface area contributed by atoms with Gasteiger partial charge in [0.2, 0.25) is 0 Å². The summed E-state index contributed by atoms with van der Waals surface area (Å²) in [7, 11) is 0. The lowest BCUT2D eigenvalue weighted by atomic mass is 9.69. The van der Waals surface area contributed by atoms with E-state index >= 15 is 0 Å². The third-order valence-corrected chi connectivity index (χ3v) is 5.91. The van der Waals surface area contributed by atoms with Gasteiger partial charge in [-0.05, 0) is 50.0 Å².